The van der Waals surface area contributed by atoms with Gasteiger partial charge < -0.3 is 10.6 Å². The topological polar surface area (TPSA) is 36.4 Å². The summed E-state index contributed by atoms with van der Waals surface area (Å²) in [6.07, 6.45) is 0.954. The van der Waals surface area contributed by atoms with Crippen LogP contribution in [0, 0.1) is 5.82 Å². The molecule has 2 atom stereocenters. The van der Waals surface area contributed by atoms with E-state index in [0.717, 1.165) is 24.5 Å². The van der Waals surface area contributed by atoms with Crippen molar-refractivity contribution >= 4 is 5.96 Å². The molecule has 0 aromatic heterocycles. The Morgan fingerprint density at radius 3 is 2.65 bits per heavy atom. The first kappa shape index (κ1) is 14.8. The average Bonchev–Trinajstić information content (AvgIpc) is 3.07. The zero-order valence-corrected chi connectivity index (χ0v) is 12.7. The molecule has 0 aliphatic heterocycles. The van der Waals surface area contributed by atoms with Gasteiger partial charge in [0.1, 0.15) is 5.82 Å². The van der Waals surface area contributed by atoms with Crippen LogP contribution in [0.5, 0.6) is 0 Å². The maximum Gasteiger partial charge on any atom is 0.191 e. The van der Waals surface area contributed by atoms with Crippen LogP contribution in [-0.2, 0) is 0 Å². The number of aliphatic imine (C=N–C) groups is 1. The third-order valence-corrected chi connectivity index (χ3v) is 3.23. The lowest BCUT2D eigenvalue weighted by Crippen LogP contribution is -2.48. The van der Waals surface area contributed by atoms with Gasteiger partial charge in [-0.05, 0) is 45.7 Å². The van der Waals surface area contributed by atoms with Gasteiger partial charge in [0.05, 0.1) is 0 Å². The van der Waals surface area contributed by atoms with Crippen LogP contribution >= 0.6 is 0 Å². The van der Waals surface area contributed by atoms with E-state index >= 15 is 0 Å². The first-order valence-electron chi connectivity index (χ1n) is 7.24. The van der Waals surface area contributed by atoms with E-state index in [-0.39, 0.29) is 23.3 Å². The molecule has 0 saturated heterocycles. The smallest absolute Gasteiger partial charge is 0.191 e. The summed E-state index contributed by atoms with van der Waals surface area (Å²) in [6, 6.07) is 7.29. The maximum absolute atomic E-state index is 13.7. The van der Waals surface area contributed by atoms with E-state index in [1.165, 1.54) is 6.07 Å². The number of nitrogens with one attached hydrogen (secondary N) is 2. The molecule has 1 aliphatic carbocycles. The number of rotatable bonds is 3. The van der Waals surface area contributed by atoms with Crippen molar-refractivity contribution in [2.75, 3.05) is 6.54 Å². The number of guanidine groups is 1. The Hall–Kier alpha value is -1.58. The molecule has 110 valence electrons. The van der Waals surface area contributed by atoms with E-state index in [4.69, 9.17) is 0 Å². The molecular weight excluding hydrogens is 253 g/mol. The monoisotopic (exact) mass is 277 g/mol. The lowest BCUT2D eigenvalue weighted by molar-refractivity contribution is 0.500. The van der Waals surface area contributed by atoms with Crippen LogP contribution in [0.1, 0.15) is 45.6 Å². The van der Waals surface area contributed by atoms with Crippen molar-refractivity contribution in [3.05, 3.63) is 35.6 Å². The minimum atomic E-state index is -0.112. The van der Waals surface area contributed by atoms with E-state index < -0.39 is 0 Å². The molecule has 1 saturated carbocycles. The normalized spacial score (nSPS) is 22.6. The minimum Gasteiger partial charge on any atom is -0.353 e. The highest BCUT2D eigenvalue weighted by atomic mass is 19.1. The molecule has 1 aromatic rings. The number of nitrogens with zero attached hydrogens (tertiary/aromatic N) is 1. The highest BCUT2D eigenvalue weighted by Gasteiger charge is 2.40. The SMILES string of the molecule is CCN=C(NC1CC1c1ccccc1F)NC(C)(C)C. The number of hydrogen-bond acceptors (Lipinski definition) is 1. The van der Waals surface area contributed by atoms with E-state index in [1.807, 2.05) is 19.1 Å². The van der Waals surface area contributed by atoms with Gasteiger partial charge in [-0.1, -0.05) is 18.2 Å². The zero-order valence-electron chi connectivity index (χ0n) is 12.7. The van der Waals surface area contributed by atoms with Gasteiger partial charge in [0, 0.05) is 24.0 Å². The van der Waals surface area contributed by atoms with Crippen LogP contribution < -0.4 is 10.6 Å². The predicted octanol–water partition coefficient (Wildman–Crippen LogP) is 3.04. The van der Waals surface area contributed by atoms with Crippen molar-refractivity contribution < 1.29 is 4.39 Å². The quantitative estimate of drug-likeness (QED) is 0.658. The third-order valence-electron chi connectivity index (χ3n) is 3.23. The fourth-order valence-corrected chi connectivity index (χ4v) is 2.28. The molecule has 4 heteroatoms. The van der Waals surface area contributed by atoms with Crippen LogP contribution in [0.3, 0.4) is 0 Å². The fourth-order valence-electron chi connectivity index (χ4n) is 2.28. The summed E-state index contributed by atoms with van der Waals surface area (Å²) >= 11 is 0. The van der Waals surface area contributed by atoms with Crippen LogP contribution in [0.15, 0.2) is 29.3 Å². The fraction of sp³-hybridized carbons (Fsp3) is 0.562. The molecule has 1 fully saturated rings. The molecule has 2 rings (SSSR count). The third kappa shape index (κ3) is 3.95. The Morgan fingerprint density at radius 1 is 1.35 bits per heavy atom. The zero-order chi connectivity index (χ0) is 14.8. The van der Waals surface area contributed by atoms with Crippen LogP contribution in [0.2, 0.25) is 0 Å². The lowest BCUT2D eigenvalue weighted by atomic mass is 10.1. The summed E-state index contributed by atoms with van der Waals surface area (Å²) in [5.74, 6) is 0.948. The van der Waals surface area contributed by atoms with E-state index in [1.54, 1.807) is 6.07 Å². The Kier molecular flexibility index (Phi) is 4.31. The Bertz CT molecular complexity index is 491. The molecule has 0 spiro atoms. The van der Waals surface area contributed by atoms with Gasteiger partial charge in [0.15, 0.2) is 5.96 Å². The standard InChI is InChI=1S/C16H24FN3/c1-5-18-15(20-16(2,3)4)19-14-10-12(14)11-8-6-7-9-13(11)17/h6-9,12,14H,5,10H2,1-4H3,(H2,18,19,20). The summed E-state index contributed by atoms with van der Waals surface area (Å²) in [5.41, 5.74) is 0.764. The van der Waals surface area contributed by atoms with Gasteiger partial charge in [-0.15, -0.1) is 0 Å². The Balaban J connectivity index is 1.98. The molecule has 20 heavy (non-hydrogen) atoms. The van der Waals surface area contributed by atoms with Crippen molar-refractivity contribution in [1.82, 2.24) is 10.6 Å². The van der Waals surface area contributed by atoms with Gasteiger partial charge >= 0.3 is 0 Å². The Morgan fingerprint density at radius 2 is 2.05 bits per heavy atom. The van der Waals surface area contributed by atoms with Crippen LogP contribution in [0.25, 0.3) is 0 Å². The average molecular weight is 277 g/mol. The summed E-state index contributed by atoms with van der Waals surface area (Å²) in [4.78, 5) is 4.44. The first-order chi connectivity index (χ1) is 9.40. The van der Waals surface area contributed by atoms with Crippen LogP contribution in [-0.4, -0.2) is 24.1 Å². The van der Waals surface area contributed by atoms with Crippen molar-refractivity contribution in [3.63, 3.8) is 0 Å². The first-order valence-corrected chi connectivity index (χ1v) is 7.24. The molecule has 3 nitrogen and oxygen atoms in total. The maximum atomic E-state index is 13.7. The van der Waals surface area contributed by atoms with Gasteiger partial charge in [-0.25, -0.2) is 4.39 Å². The predicted molar refractivity (Wildman–Crippen MR) is 81.5 cm³/mol. The van der Waals surface area contributed by atoms with Gasteiger partial charge in [0.2, 0.25) is 0 Å². The minimum absolute atomic E-state index is 0.0383. The van der Waals surface area contributed by atoms with Crippen molar-refractivity contribution in [3.8, 4) is 0 Å². The van der Waals surface area contributed by atoms with E-state index in [9.17, 15) is 4.39 Å². The molecule has 0 radical (unpaired) electrons. The second kappa shape index (κ2) is 5.81. The molecule has 1 aromatic carbocycles. The van der Waals surface area contributed by atoms with Crippen molar-refractivity contribution in [2.45, 2.75) is 51.6 Å². The second-order valence-electron chi connectivity index (χ2n) is 6.31. The summed E-state index contributed by atoms with van der Waals surface area (Å²) in [6.45, 7) is 9.03. The highest BCUT2D eigenvalue weighted by Crippen LogP contribution is 2.41. The van der Waals surface area contributed by atoms with Crippen molar-refractivity contribution in [2.24, 2.45) is 4.99 Å². The van der Waals surface area contributed by atoms with E-state index in [2.05, 4.69) is 36.4 Å². The molecule has 0 bridgehead atoms. The summed E-state index contributed by atoms with van der Waals surface area (Å²) in [7, 11) is 0. The van der Waals surface area contributed by atoms with Gasteiger partial charge in [-0.2, -0.15) is 0 Å². The molecule has 0 heterocycles. The lowest BCUT2D eigenvalue weighted by Gasteiger charge is -2.24. The molecule has 2 N–H and O–H groups in total. The molecular formula is C16H24FN3. The van der Waals surface area contributed by atoms with E-state index in [0.29, 0.717) is 0 Å². The summed E-state index contributed by atoms with van der Waals surface area (Å²) in [5, 5.41) is 6.76. The Labute approximate surface area is 120 Å². The van der Waals surface area contributed by atoms with Crippen LogP contribution in [0.4, 0.5) is 4.39 Å². The largest absolute Gasteiger partial charge is 0.353 e. The van der Waals surface area contributed by atoms with Gasteiger partial charge in [0.25, 0.3) is 0 Å². The second-order valence-corrected chi connectivity index (χ2v) is 6.31. The number of halogens is 1. The summed E-state index contributed by atoms with van der Waals surface area (Å²) < 4.78 is 13.7. The van der Waals surface area contributed by atoms with Crippen molar-refractivity contribution in [1.29, 1.82) is 0 Å². The van der Waals surface area contributed by atoms with Gasteiger partial charge in [-0.3, -0.25) is 4.99 Å². The number of benzene rings is 1. The molecule has 0 amide bonds. The highest BCUT2D eigenvalue weighted by molar-refractivity contribution is 5.81. The molecule has 1 aliphatic rings. The molecule has 2 unspecified atom stereocenters. The number of hydrogen-bond donors (Lipinski definition) is 2.